The maximum absolute atomic E-state index is 12.3. The van der Waals surface area contributed by atoms with E-state index in [0.717, 1.165) is 97.2 Å². The van der Waals surface area contributed by atoms with E-state index in [1.807, 2.05) is 25.7 Å². The summed E-state index contributed by atoms with van der Waals surface area (Å²) in [5.74, 6) is 1.91. The standard InChI is InChI=1S/C23H44N4O4.HI/c1-5-24-21(25-11-7-14-29-17-20-10-15-30-18-20)26-12-9-19-8-6-13-27(16-19)22(28)31-23(2,3)4;/h19-20H,5-18H2,1-4H3,(H2,24,25,26);1H. The van der Waals surface area contributed by atoms with E-state index in [-0.39, 0.29) is 30.1 Å². The highest BCUT2D eigenvalue weighted by Gasteiger charge is 2.27. The van der Waals surface area contributed by atoms with Crippen LogP contribution in [-0.2, 0) is 14.2 Å². The van der Waals surface area contributed by atoms with Crippen molar-refractivity contribution >= 4 is 36.0 Å². The van der Waals surface area contributed by atoms with E-state index in [2.05, 4.69) is 22.5 Å². The Bertz CT molecular complexity index is 551. The highest BCUT2D eigenvalue weighted by Crippen LogP contribution is 2.21. The number of nitrogens with one attached hydrogen (secondary N) is 2. The van der Waals surface area contributed by atoms with Gasteiger partial charge in [-0.25, -0.2) is 4.79 Å². The number of nitrogens with zero attached hydrogens (tertiary/aromatic N) is 2. The van der Waals surface area contributed by atoms with Gasteiger partial charge in [-0.1, -0.05) is 0 Å². The van der Waals surface area contributed by atoms with E-state index in [1.165, 1.54) is 0 Å². The molecule has 188 valence electrons. The second kappa shape index (κ2) is 15.9. The quantitative estimate of drug-likeness (QED) is 0.181. The number of aliphatic imine (C=N–C) groups is 1. The Morgan fingerprint density at radius 3 is 2.72 bits per heavy atom. The summed E-state index contributed by atoms with van der Waals surface area (Å²) in [7, 11) is 0. The number of piperidine rings is 1. The largest absolute Gasteiger partial charge is 0.444 e. The van der Waals surface area contributed by atoms with Crippen molar-refractivity contribution < 1.29 is 19.0 Å². The Hall–Kier alpha value is -0.810. The molecule has 0 aromatic carbocycles. The number of carbonyl (C=O) groups is 1. The van der Waals surface area contributed by atoms with Gasteiger partial charge in [0.1, 0.15) is 5.60 Å². The molecule has 0 radical (unpaired) electrons. The number of carbonyl (C=O) groups excluding carboxylic acids is 1. The van der Waals surface area contributed by atoms with Crippen molar-refractivity contribution in [1.82, 2.24) is 15.5 Å². The van der Waals surface area contributed by atoms with Crippen LogP contribution in [0.4, 0.5) is 4.79 Å². The lowest BCUT2D eigenvalue weighted by molar-refractivity contribution is 0.0162. The third-order valence-electron chi connectivity index (χ3n) is 5.45. The Morgan fingerprint density at radius 2 is 2.03 bits per heavy atom. The van der Waals surface area contributed by atoms with E-state index in [1.54, 1.807) is 0 Å². The van der Waals surface area contributed by atoms with E-state index >= 15 is 0 Å². The van der Waals surface area contributed by atoms with Crippen molar-refractivity contribution in [1.29, 1.82) is 0 Å². The van der Waals surface area contributed by atoms with Gasteiger partial charge in [0, 0.05) is 51.9 Å². The topological polar surface area (TPSA) is 84.4 Å². The minimum absolute atomic E-state index is 0. The van der Waals surface area contributed by atoms with Gasteiger partial charge in [0.25, 0.3) is 0 Å². The highest BCUT2D eigenvalue weighted by molar-refractivity contribution is 14.0. The SMILES string of the molecule is CCNC(=NCCCOCC1CCOC1)NCCC1CCCN(C(=O)OC(C)(C)C)C1.I. The summed E-state index contributed by atoms with van der Waals surface area (Å²) in [5.41, 5.74) is -0.446. The molecule has 2 N–H and O–H groups in total. The normalized spacial score (nSPS) is 21.8. The summed E-state index contributed by atoms with van der Waals surface area (Å²) in [4.78, 5) is 18.8. The van der Waals surface area contributed by atoms with Crippen LogP contribution in [0.2, 0.25) is 0 Å². The first kappa shape index (κ1) is 29.2. The molecule has 0 aromatic rings. The molecule has 1 amide bonds. The second-order valence-corrected chi connectivity index (χ2v) is 9.57. The minimum atomic E-state index is -0.446. The van der Waals surface area contributed by atoms with Crippen molar-refractivity contribution in [2.75, 3.05) is 59.2 Å². The first-order chi connectivity index (χ1) is 14.9. The van der Waals surface area contributed by atoms with Crippen LogP contribution in [-0.4, -0.2) is 81.7 Å². The van der Waals surface area contributed by atoms with Crippen LogP contribution in [0.25, 0.3) is 0 Å². The van der Waals surface area contributed by atoms with E-state index < -0.39 is 5.60 Å². The lowest BCUT2D eigenvalue weighted by Crippen LogP contribution is -2.44. The molecule has 0 bridgehead atoms. The molecule has 32 heavy (non-hydrogen) atoms. The van der Waals surface area contributed by atoms with Crippen molar-refractivity contribution in [2.45, 2.75) is 65.4 Å². The van der Waals surface area contributed by atoms with Gasteiger partial charge in [0.2, 0.25) is 0 Å². The van der Waals surface area contributed by atoms with Crippen LogP contribution in [0.3, 0.4) is 0 Å². The fourth-order valence-corrected chi connectivity index (χ4v) is 3.85. The number of guanidine groups is 1. The predicted octanol–water partition coefficient (Wildman–Crippen LogP) is 3.64. The Morgan fingerprint density at radius 1 is 1.22 bits per heavy atom. The molecule has 2 rings (SSSR count). The van der Waals surface area contributed by atoms with E-state index in [9.17, 15) is 4.79 Å². The van der Waals surface area contributed by atoms with E-state index in [0.29, 0.717) is 11.8 Å². The van der Waals surface area contributed by atoms with Gasteiger partial charge < -0.3 is 29.7 Å². The van der Waals surface area contributed by atoms with Crippen molar-refractivity contribution in [3.8, 4) is 0 Å². The summed E-state index contributed by atoms with van der Waals surface area (Å²) in [5, 5.41) is 6.74. The molecule has 2 heterocycles. The molecule has 0 aliphatic carbocycles. The third-order valence-corrected chi connectivity index (χ3v) is 5.45. The summed E-state index contributed by atoms with van der Waals surface area (Å²) in [6, 6.07) is 0. The average molecular weight is 569 g/mol. The second-order valence-electron chi connectivity index (χ2n) is 9.57. The summed E-state index contributed by atoms with van der Waals surface area (Å²) in [6.45, 7) is 15.0. The highest BCUT2D eigenvalue weighted by atomic mass is 127. The number of rotatable bonds is 10. The molecule has 8 nitrogen and oxygen atoms in total. The zero-order valence-corrected chi connectivity index (χ0v) is 22.8. The number of ether oxygens (including phenoxy) is 3. The molecule has 2 atom stereocenters. The first-order valence-corrected chi connectivity index (χ1v) is 12.0. The fourth-order valence-electron chi connectivity index (χ4n) is 3.85. The van der Waals surface area contributed by atoms with Gasteiger partial charge in [-0.05, 0) is 65.7 Å². The first-order valence-electron chi connectivity index (χ1n) is 12.0. The molecule has 2 unspecified atom stereocenters. The van der Waals surface area contributed by atoms with Crippen molar-refractivity contribution in [2.24, 2.45) is 16.8 Å². The third kappa shape index (κ3) is 12.4. The zero-order chi connectivity index (χ0) is 22.5. The molecule has 2 fully saturated rings. The predicted molar refractivity (Wildman–Crippen MR) is 139 cm³/mol. The average Bonchev–Trinajstić information content (AvgIpc) is 3.23. The lowest BCUT2D eigenvalue weighted by atomic mass is 9.95. The van der Waals surface area contributed by atoms with Crippen LogP contribution < -0.4 is 10.6 Å². The maximum Gasteiger partial charge on any atom is 0.410 e. The molecular formula is C23H45IN4O4. The maximum atomic E-state index is 12.3. The van der Waals surface area contributed by atoms with Gasteiger partial charge in [-0.3, -0.25) is 4.99 Å². The van der Waals surface area contributed by atoms with E-state index in [4.69, 9.17) is 14.2 Å². The molecule has 9 heteroatoms. The fraction of sp³-hybridized carbons (Fsp3) is 0.913. The van der Waals surface area contributed by atoms with Crippen LogP contribution in [0.5, 0.6) is 0 Å². The van der Waals surface area contributed by atoms with Crippen LogP contribution in [0.15, 0.2) is 4.99 Å². The van der Waals surface area contributed by atoms with Gasteiger partial charge >= 0.3 is 6.09 Å². The minimum Gasteiger partial charge on any atom is -0.444 e. The van der Waals surface area contributed by atoms with Crippen molar-refractivity contribution in [3.05, 3.63) is 0 Å². The van der Waals surface area contributed by atoms with Crippen LogP contribution in [0.1, 0.15) is 59.8 Å². The van der Waals surface area contributed by atoms with Gasteiger partial charge in [0.05, 0.1) is 13.2 Å². The monoisotopic (exact) mass is 568 g/mol. The lowest BCUT2D eigenvalue weighted by Gasteiger charge is -2.34. The number of hydrogen-bond donors (Lipinski definition) is 2. The number of hydrogen-bond acceptors (Lipinski definition) is 5. The molecular weight excluding hydrogens is 523 g/mol. The Balaban J connectivity index is 0.00000512. The zero-order valence-electron chi connectivity index (χ0n) is 20.5. The van der Waals surface area contributed by atoms with Gasteiger partial charge in [-0.15, -0.1) is 24.0 Å². The van der Waals surface area contributed by atoms with Crippen molar-refractivity contribution in [3.63, 3.8) is 0 Å². The molecule has 0 saturated carbocycles. The summed E-state index contributed by atoms with van der Waals surface area (Å²) < 4.78 is 16.6. The molecule has 0 spiro atoms. The number of likely N-dealkylation sites (tertiary alicyclic amines) is 1. The molecule has 2 aliphatic heterocycles. The summed E-state index contributed by atoms with van der Waals surface area (Å²) >= 11 is 0. The number of amides is 1. The Labute approximate surface area is 211 Å². The Kier molecular flexibility index (Phi) is 14.5. The van der Waals surface area contributed by atoms with Gasteiger partial charge in [0.15, 0.2) is 5.96 Å². The molecule has 2 aliphatic rings. The smallest absolute Gasteiger partial charge is 0.410 e. The van der Waals surface area contributed by atoms with Crippen LogP contribution in [0, 0.1) is 11.8 Å². The van der Waals surface area contributed by atoms with Crippen LogP contribution >= 0.6 is 24.0 Å². The summed E-state index contributed by atoms with van der Waals surface area (Å²) in [6.07, 6.45) is 5.03. The molecule has 2 saturated heterocycles. The molecule has 0 aromatic heterocycles. The number of halogens is 1. The van der Waals surface area contributed by atoms with Gasteiger partial charge in [-0.2, -0.15) is 0 Å².